The van der Waals surface area contributed by atoms with Gasteiger partial charge >= 0.3 is 6.16 Å². The Morgan fingerprint density at radius 2 is 1.29 bits per heavy atom. The number of carbonyl (C=O) groups excluding carboxylic acids is 1. The van der Waals surface area contributed by atoms with Gasteiger partial charge in [-0.2, -0.15) is 0 Å². The van der Waals surface area contributed by atoms with Crippen LogP contribution in [0.25, 0.3) is 0 Å². The summed E-state index contributed by atoms with van der Waals surface area (Å²) in [7, 11) is 0. The van der Waals surface area contributed by atoms with Gasteiger partial charge in [0.05, 0.1) is 13.2 Å². The van der Waals surface area contributed by atoms with Crippen LogP contribution in [0.4, 0.5) is 4.79 Å². The predicted molar refractivity (Wildman–Crippen MR) is 56.2 cm³/mol. The largest absolute Gasteiger partial charge is 0.508 e. The normalized spacial score (nSPS) is 10.7. The van der Waals surface area contributed by atoms with E-state index in [1.165, 1.54) is 0 Å². The minimum atomic E-state index is -0.536. The summed E-state index contributed by atoms with van der Waals surface area (Å²) in [5.74, 6) is 1.11. The molecule has 0 unspecified atom stereocenters. The van der Waals surface area contributed by atoms with Crippen molar-refractivity contribution < 1.29 is 14.3 Å². The van der Waals surface area contributed by atoms with Gasteiger partial charge in [-0.1, -0.05) is 27.7 Å². The number of hydrogen-bond donors (Lipinski definition) is 0. The molecular weight excluding hydrogens is 180 g/mol. The summed E-state index contributed by atoms with van der Waals surface area (Å²) in [5, 5.41) is 0. The fourth-order valence-electron chi connectivity index (χ4n) is 0.798. The average Bonchev–Trinajstić information content (AvgIpc) is 2.02. The Bertz CT molecular complexity index is 137. The zero-order valence-corrected chi connectivity index (χ0v) is 9.71. The second-order valence-electron chi connectivity index (χ2n) is 4.31. The van der Waals surface area contributed by atoms with E-state index >= 15 is 0 Å². The minimum Gasteiger partial charge on any atom is -0.434 e. The lowest BCUT2D eigenvalue weighted by Crippen LogP contribution is -2.11. The van der Waals surface area contributed by atoms with E-state index in [0.717, 1.165) is 12.8 Å². The highest BCUT2D eigenvalue weighted by molar-refractivity contribution is 5.59. The molecule has 3 nitrogen and oxygen atoms in total. The zero-order chi connectivity index (χ0) is 11.0. The van der Waals surface area contributed by atoms with E-state index in [2.05, 4.69) is 27.7 Å². The van der Waals surface area contributed by atoms with Crippen LogP contribution in [-0.2, 0) is 9.47 Å². The lowest BCUT2D eigenvalue weighted by molar-refractivity contribution is 0.0496. The first-order valence-electron chi connectivity index (χ1n) is 5.32. The zero-order valence-electron chi connectivity index (χ0n) is 9.71. The van der Waals surface area contributed by atoms with E-state index in [-0.39, 0.29) is 0 Å². The van der Waals surface area contributed by atoms with Crippen molar-refractivity contribution in [3.05, 3.63) is 0 Å². The van der Waals surface area contributed by atoms with Crippen LogP contribution in [0.1, 0.15) is 40.5 Å². The van der Waals surface area contributed by atoms with Gasteiger partial charge < -0.3 is 9.47 Å². The van der Waals surface area contributed by atoms with Gasteiger partial charge in [-0.05, 0) is 24.7 Å². The molecule has 3 heteroatoms. The molecule has 0 fully saturated rings. The molecular formula is C11H22O3. The summed E-state index contributed by atoms with van der Waals surface area (Å²) in [6.45, 7) is 9.28. The molecule has 0 aromatic heterocycles. The first-order valence-corrected chi connectivity index (χ1v) is 5.32. The number of carbonyl (C=O) groups is 1. The van der Waals surface area contributed by atoms with Gasteiger partial charge in [0.25, 0.3) is 0 Å². The molecule has 0 amide bonds. The molecule has 0 aromatic rings. The Kier molecular flexibility index (Phi) is 7.25. The van der Waals surface area contributed by atoms with Crippen LogP contribution < -0.4 is 0 Å². The third kappa shape index (κ3) is 9.36. The van der Waals surface area contributed by atoms with Crippen molar-refractivity contribution in [2.45, 2.75) is 40.5 Å². The monoisotopic (exact) mass is 202 g/mol. The smallest absolute Gasteiger partial charge is 0.434 e. The molecule has 0 aliphatic heterocycles. The maximum absolute atomic E-state index is 11.0. The van der Waals surface area contributed by atoms with Crippen molar-refractivity contribution in [1.29, 1.82) is 0 Å². The fraction of sp³-hybridized carbons (Fsp3) is 0.909. The van der Waals surface area contributed by atoms with Gasteiger partial charge in [-0.15, -0.1) is 0 Å². The van der Waals surface area contributed by atoms with E-state index in [0.29, 0.717) is 25.0 Å². The Morgan fingerprint density at radius 3 is 1.57 bits per heavy atom. The molecule has 0 saturated heterocycles. The van der Waals surface area contributed by atoms with Gasteiger partial charge in [0.2, 0.25) is 0 Å². The summed E-state index contributed by atoms with van der Waals surface area (Å²) in [5.41, 5.74) is 0. The van der Waals surface area contributed by atoms with Crippen molar-refractivity contribution >= 4 is 6.16 Å². The lowest BCUT2D eigenvalue weighted by Gasteiger charge is -2.08. The Hall–Kier alpha value is -0.730. The third-order valence-corrected chi connectivity index (χ3v) is 1.83. The highest BCUT2D eigenvalue weighted by atomic mass is 16.7. The molecule has 0 aromatic carbocycles. The summed E-state index contributed by atoms with van der Waals surface area (Å²) < 4.78 is 9.75. The predicted octanol–water partition coefficient (Wildman–Crippen LogP) is 3.23. The van der Waals surface area contributed by atoms with Crippen LogP contribution in [0, 0.1) is 11.8 Å². The Labute approximate surface area is 86.8 Å². The molecule has 0 spiro atoms. The molecule has 0 atom stereocenters. The van der Waals surface area contributed by atoms with Crippen molar-refractivity contribution in [3.8, 4) is 0 Å². The Morgan fingerprint density at radius 1 is 0.929 bits per heavy atom. The number of rotatable bonds is 6. The van der Waals surface area contributed by atoms with Crippen molar-refractivity contribution in [2.24, 2.45) is 11.8 Å². The molecule has 0 aliphatic carbocycles. The highest BCUT2D eigenvalue weighted by Crippen LogP contribution is 2.02. The first kappa shape index (κ1) is 13.3. The second kappa shape index (κ2) is 7.65. The minimum absolute atomic E-state index is 0.457. The second-order valence-corrected chi connectivity index (χ2v) is 4.31. The van der Waals surface area contributed by atoms with E-state index in [1.54, 1.807) is 0 Å². The van der Waals surface area contributed by atoms with E-state index in [9.17, 15) is 4.79 Å². The molecule has 14 heavy (non-hydrogen) atoms. The van der Waals surface area contributed by atoms with Crippen LogP contribution in [0.3, 0.4) is 0 Å². The summed E-state index contributed by atoms with van der Waals surface area (Å²) >= 11 is 0. The fourth-order valence-corrected chi connectivity index (χ4v) is 0.798. The molecule has 0 rings (SSSR count). The molecule has 0 aliphatic rings. The standard InChI is InChI=1S/C11H22O3/c1-9(2)5-7-13-11(12)14-8-6-10(3)4/h9-10H,5-8H2,1-4H3. The topological polar surface area (TPSA) is 35.5 Å². The molecule has 0 N–H and O–H groups in total. The van der Waals surface area contributed by atoms with Crippen LogP contribution in [0.2, 0.25) is 0 Å². The van der Waals surface area contributed by atoms with Crippen LogP contribution in [0.15, 0.2) is 0 Å². The first-order chi connectivity index (χ1) is 6.52. The van der Waals surface area contributed by atoms with Gasteiger partial charge in [0.1, 0.15) is 0 Å². The maximum atomic E-state index is 11.0. The molecule has 0 saturated carbocycles. The van der Waals surface area contributed by atoms with Gasteiger partial charge in [-0.3, -0.25) is 0 Å². The van der Waals surface area contributed by atoms with Crippen LogP contribution in [0.5, 0.6) is 0 Å². The van der Waals surface area contributed by atoms with E-state index in [1.807, 2.05) is 0 Å². The third-order valence-electron chi connectivity index (χ3n) is 1.83. The van der Waals surface area contributed by atoms with Gasteiger partial charge in [0.15, 0.2) is 0 Å². The molecule has 0 heterocycles. The Balaban J connectivity index is 3.28. The SMILES string of the molecule is CC(C)CCOC(=O)OCCC(C)C. The van der Waals surface area contributed by atoms with Crippen LogP contribution >= 0.6 is 0 Å². The summed E-state index contributed by atoms with van der Waals surface area (Å²) in [6, 6.07) is 0. The average molecular weight is 202 g/mol. The lowest BCUT2D eigenvalue weighted by atomic mass is 10.1. The summed E-state index contributed by atoms with van der Waals surface area (Å²) in [6.07, 6.45) is 1.24. The highest BCUT2D eigenvalue weighted by Gasteiger charge is 2.04. The molecule has 84 valence electrons. The van der Waals surface area contributed by atoms with Gasteiger partial charge in [0, 0.05) is 0 Å². The van der Waals surface area contributed by atoms with Crippen LogP contribution in [-0.4, -0.2) is 19.4 Å². The van der Waals surface area contributed by atoms with E-state index < -0.39 is 6.16 Å². The van der Waals surface area contributed by atoms with Crippen molar-refractivity contribution in [3.63, 3.8) is 0 Å². The molecule has 0 bridgehead atoms. The van der Waals surface area contributed by atoms with E-state index in [4.69, 9.17) is 9.47 Å². The number of ether oxygens (including phenoxy) is 2. The van der Waals surface area contributed by atoms with Gasteiger partial charge in [-0.25, -0.2) is 4.79 Å². The van der Waals surface area contributed by atoms with Crippen molar-refractivity contribution in [2.75, 3.05) is 13.2 Å². The summed E-state index contributed by atoms with van der Waals surface area (Å²) in [4.78, 5) is 11.0. The molecule has 0 radical (unpaired) electrons. The van der Waals surface area contributed by atoms with Crippen molar-refractivity contribution in [1.82, 2.24) is 0 Å². The number of hydrogen-bond acceptors (Lipinski definition) is 3. The quantitative estimate of drug-likeness (QED) is 0.620. The maximum Gasteiger partial charge on any atom is 0.508 e.